The van der Waals surface area contributed by atoms with Crippen molar-refractivity contribution in [2.75, 3.05) is 5.32 Å². The molecule has 1 heterocycles. The Morgan fingerprint density at radius 3 is 2.49 bits per heavy atom. The molecule has 6 nitrogen and oxygen atoms in total. The lowest BCUT2D eigenvalue weighted by Gasteiger charge is -2.19. The van der Waals surface area contributed by atoms with Gasteiger partial charge >= 0.3 is 5.97 Å². The second kappa shape index (κ2) is 9.38. The molecule has 0 fully saturated rings. The molecular formula is C35H25NO5. The Hall–Kier alpha value is -5.36. The van der Waals surface area contributed by atoms with Crippen molar-refractivity contribution in [3.63, 3.8) is 0 Å². The number of nitrogens with one attached hydrogen (secondary N) is 1. The quantitative estimate of drug-likeness (QED) is 0.155. The fourth-order valence-electron chi connectivity index (χ4n) is 5.94. The molecule has 6 aromatic rings. The third-order valence-electron chi connectivity index (χ3n) is 7.81. The highest BCUT2D eigenvalue weighted by molar-refractivity contribution is 6.21. The normalized spacial score (nSPS) is 15.0. The summed E-state index contributed by atoms with van der Waals surface area (Å²) in [5.74, 6) is -0.732. The van der Waals surface area contributed by atoms with E-state index in [4.69, 9.17) is 4.42 Å². The van der Waals surface area contributed by atoms with E-state index in [1.54, 1.807) is 36.4 Å². The van der Waals surface area contributed by atoms with Crippen LogP contribution in [0.3, 0.4) is 0 Å². The molecule has 0 aliphatic heterocycles. The van der Waals surface area contributed by atoms with Crippen LogP contribution in [0.4, 0.5) is 5.69 Å². The highest BCUT2D eigenvalue weighted by atomic mass is 16.4. The summed E-state index contributed by atoms with van der Waals surface area (Å²) in [5, 5.41) is 28.3. The molecule has 1 aromatic heterocycles. The fourth-order valence-corrected chi connectivity index (χ4v) is 5.94. The van der Waals surface area contributed by atoms with E-state index in [0.29, 0.717) is 23.2 Å². The first kappa shape index (κ1) is 24.7. The van der Waals surface area contributed by atoms with Gasteiger partial charge in [0.2, 0.25) is 0 Å². The average Bonchev–Trinajstić information content (AvgIpc) is 2.97. The zero-order chi connectivity index (χ0) is 28.2. The summed E-state index contributed by atoms with van der Waals surface area (Å²) in [6.45, 7) is 1.96. The van der Waals surface area contributed by atoms with E-state index in [9.17, 15) is 19.8 Å². The van der Waals surface area contributed by atoms with Crippen LogP contribution in [0.25, 0.3) is 54.6 Å². The summed E-state index contributed by atoms with van der Waals surface area (Å²) >= 11 is 0. The zero-order valence-electron chi connectivity index (χ0n) is 22.1. The van der Waals surface area contributed by atoms with Crippen molar-refractivity contribution in [2.24, 2.45) is 0 Å². The van der Waals surface area contributed by atoms with Gasteiger partial charge in [0.15, 0.2) is 5.43 Å². The SMILES string of the molecule is Cc1cc2cc(=O)ccc2c2oc3c(ccc4cc(NC5C=CC(O)=CC5)ccc43)c(-c3ccccc3C(=O)O)c12. The molecule has 0 saturated heterocycles. The lowest BCUT2D eigenvalue weighted by molar-refractivity contribution is 0.0697. The third kappa shape index (κ3) is 4.12. The van der Waals surface area contributed by atoms with Crippen LogP contribution in [0.15, 0.2) is 112 Å². The Morgan fingerprint density at radius 1 is 0.902 bits per heavy atom. The predicted molar refractivity (Wildman–Crippen MR) is 164 cm³/mol. The average molecular weight is 540 g/mol. The Bertz CT molecular complexity index is 2190. The maximum absolute atomic E-state index is 12.3. The van der Waals surface area contributed by atoms with Crippen LogP contribution in [-0.2, 0) is 0 Å². The minimum absolute atomic E-state index is 0.0665. The van der Waals surface area contributed by atoms with Gasteiger partial charge in [-0.1, -0.05) is 36.4 Å². The van der Waals surface area contributed by atoms with Crippen molar-refractivity contribution in [3.8, 4) is 11.1 Å². The highest BCUT2D eigenvalue weighted by Gasteiger charge is 2.22. The molecule has 200 valence electrons. The van der Waals surface area contributed by atoms with Gasteiger partial charge in [0, 0.05) is 38.8 Å². The lowest BCUT2D eigenvalue weighted by Crippen LogP contribution is -2.17. The number of aromatic carboxylic acids is 1. The Balaban J connectivity index is 1.55. The van der Waals surface area contributed by atoms with Gasteiger partial charge in [0.05, 0.1) is 5.56 Å². The van der Waals surface area contributed by atoms with Crippen LogP contribution in [0.2, 0.25) is 0 Å². The summed E-state index contributed by atoms with van der Waals surface area (Å²) < 4.78 is 6.74. The molecule has 0 spiro atoms. The van der Waals surface area contributed by atoms with Crippen molar-refractivity contribution in [1.82, 2.24) is 0 Å². The molecule has 1 aliphatic carbocycles. The number of aliphatic hydroxyl groups is 1. The van der Waals surface area contributed by atoms with Gasteiger partial charge in [0.25, 0.3) is 0 Å². The van der Waals surface area contributed by atoms with E-state index in [1.165, 1.54) is 6.07 Å². The Morgan fingerprint density at radius 2 is 1.68 bits per heavy atom. The van der Waals surface area contributed by atoms with Crippen LogP contribution in [-0.4, -0.2) is 22.2 Å². The van der Waals surface area contributed by atoms with E-state index >= 15 is 0 Å². The van der Waals surface area contributed by atoms with Crippen molar-refractivity contribution >= 4 is 55.1 Å². The number of aliphatic hydroxyl groups excluding tert-OH is 1. The standard InChI is InChI=1S/C35H25NO5/c1-19-16-21-18-25(38)12-15-27(21)34-31(19)32(28-4-2-3-5-29(28)35(39)40)30-13-6-20-17-23(9-14-26(20)33(30)41-34)36-22-7-10-24(37)11-8-22/h2-7,9-18,22,36-37H,8H2,1H3,(H,39,40). The van der Waals surface area contributed by atoms with Crippen LogP contribution in [0.5, 0.6) is 0 Å². The second-order valence-corrected chi connectivity index (χ2v) is 10.5. The lowest BCUT2D eigenvalue weighted by atomic mass is 9.89. The smallest absolute Gasteiger partial charge is 0.336 e. The van der Waals surface area contributed by atoms with Crippen molar-refractivity contribution in [3.05, 3.63) is 124 Å². The van der Waals surface area contributed by atoms with Crippen LogP contribution in [0, 0.1) is 6.92 Å². The van der Waals surface area contributed by atoms with E-state index < -0.39 is 5.97 Å². The largest absolute Gasteiger partial charge is 0.508 e. The van der Waals surface area contributed by atoms with Gasteiger partial charge < -0.3 is 19.9 Å². The topological polar surface area (TPSA) is 99.8 Å². The Labute approximate surface area is 234 Å². The maximum Gasteiger partial charge on any atom is 0.336 e. The zero-order valence-corrected chi connectivity index (χ0v) is 22.1. The van der Waals surface area contributed by atoms with Crippen LogP contribution >= 0.6 is 0 Å². The highest BCUT2D eigenvalue weighted by Crippen LogP contribution is 2.44. The number of fused-ring (bicyclic) bond motifs is 6. The number of anilines is 1. The molecule has 3 N–H and O–H groups in total. The van der Waals surface area contributed by atoms with Crippen molar-refractivity contribution < 1.29 is 19.4 Å². The Kier molecular flexibility index (Phi) is 5.64. The summed E-state index contributed by atoms with van der Waals surface area (Å²) in [4.78, 5) is 24.5. The molecule has 1 atom stereocenters. The minimum Gasteiger partial charge on any atom is -0.508 e. The molecule has 0 amide bonds. The summed E-state index contributed by atoms with van der Waals surface area (Å²) in [6.07, 6.45) is 6.10. The molecule has 7 rings (SSSR count). The number of carbonyl (C=O) groups is 1. The maximum atomic E-state index is 12.3. The number of hydrogen-bond acceptors (Lipinski definition) is 5. The fraction of sp³-hybridized carbons (Fsp3) is 0.0857. The number of hydrogen-bond donors (Lipinski definition) is 3. The van der Waals surface area contributed by atoms with E-state index in [1.807, 2.05) is 55.5 Å². The summed E-state index contributed by atoms with van der Waals surface area (Å²) in [6, 6.07) is 24.0. The molecule has 0 radical (unpaired) electrons. The van der Waals surface area contributed by atoms with Gasteiger partial charge in [0.1, 0.15) is 16.9 Å². The first-order chi connectivity index (χ1) is 19.9. The molecular weight excluding hydrogens is 514 g/mol. The molecule has 6 heteroatoms. The van der Waals surface area contributed by atoms with Crippen LogP contribution in [0.1, 0.15) is 22.3 Å². The number of benzene rings is 5. The monoisotopic (exact) mass is 539 g/mol. The first-order valence-electron chi connectivity index (χ1n) is 13.4. The van der Waals surface area contributed by atoms with Gasteiger partial charge in [-0.3, -0.25) is 4.79 Å². The van der Waals surface area contributed by atoms with Crippen LogP contribution < -0.4 is 10.7 Å². The number of carboxylic acids is 1. The summed E-state index contributed by atoms with van der Waals surface area (Å²) in [7, 11) is 0. The van der Waals surface area contributed by atoms with Gasteiger partial charge in [-0.05, 0) is 95.9 Å². The molecule has 0 saturated carbocycles. The van der Waals surface area contributed by atoms with Gasteiger partial charge in [-0.15, -0.1) is 0 Å². The number of rotatable bonds is 4. The van der Waals surface area contributed by atoms with Gasteiger partial charge in [-0.2, -0.15) is 0 Å². The van der Waals surface area contributed by atoms with E-state index in [0.717, 1.165) is 49.1 Å². The van der Waals surface area contributed by atoms with Gasteiger partial charge in [-0.25, -0.2) is 4.79 Å². The molecule has 0 bridgehead atoms. The molecule has 1 unspecified atom stereocenters. The predicted octanol–water partition coefficient (Wildman–Crippen LogP) is 8.11. The molecule has 1 aliphatic rings. The molecule has 5 aromatic carbocycles. The van der Waals surface area contributed by atoms with Crippen molar-refractivity contribution in [1.29, 1.82) is 0 Å². The second-order valence-electron chi connectivity index (χ2n) is 10.5. The number of aryl methyl sites for hydroxylation is 1. The third-order valence-corrected chi connectivity index (χ3v) is 7.81. The minimum atomic E-state index is -1.01. The molecule has 41 heavy (non-hydrogen) atoms. The van der Waals surface area contributed by atoms with E-state index in [2.05, 4.69) is 11.4 Å². The number of allylic oxidation sites excluding steroid dienone is 1. The summed E-state index contributed by atoms with van der Waals surface area (Å²) in [5.41, 5.74) is 4.58. The number of carboxylic acid groups (broad SMARTS) is 1. The first-order valence-corrected chi connectivity index (χ1v) is 13.4. The van der Waals surface area contributed by atoms with Crippen molar-refractivity contribution in [2.45, 2.75) is 19.4 Å². The van der Waals surface area contributed by atoms with E-state index in [-0.39, 0.29) is 22.8 Å².